The Bertz CT molecular complexity index is 878. The van der Waals surface area contributed by atoms with Crippen LogP contribution in [-0.4, -0.2) is 52.1 Å². The number of ether oxygens (including phenoxy) is 1. The van der Waals surface area contributed by atoms with Gasteiger partial charge in [0, 0.05) is 30.7 Å². The molecule has 8 heteroatoms. The van der Waals surface area contributed by atoms with Gasteiger partial charge in [-0.1, -0.05) is 0 Å². The molecule has 0 aliphatic carbocycles. The third kappa shape index (κ3) is 4.09. The zero-order valence-corrected chi connectivity index (χ0v) is 17.6. The van der Waals surface area contributed by atoms with Crippen LogP contribution < -0.4 is 20.9 Å². The quantitative estimate of drug-likeness (QED) is 0.731. The number of carbonyl (C=O) groups excluding carboxylic acids is 1. The fourth-order valence-corrected chi connectivity index (χ4v) is 3.84. The van der Waals surface area contributed by atoms with E-state index in [1.54, 1.807) is 7.11 Å². The topological polar surface area (TPSA) is 83.5 Å². The van der Waals surface area contributed by atoms with Gasteiger partial charge < -0.3 is 19.5 Å². The number of carbonyl (C=O) groups is 1. The maximum Gasteiger partial charge on any atom is 0.241 e. The van der Waals surface area contributed by atoms with E-state index in [1.807, 2.05) is 29.2 Å². The smallest absolute Gasteiger partial charge is 0.241 e. The standard InChI is InChI=1S/C21H30N6O2/c1-21(2,3)24-19-18(14-5-7-15(29-4)8-6-14)23-17-13-26(11-12-27(17)19)20(28)16-9-10-22-25-16/h5-8,16,22,24-25H,9-13H2,1-4H3. The van der Waals surface area contributed by atoms with E-state index < -0.39 is 0 Å². The number of imidazole rings is 1. The van der Waals surface area contributed by atoms with E-state index in [1.165, 1.54) is 0 Å². The molecule has 2 aromatic rings. The van der Waals surface area contributed by atoms with Crippen molar-refractivity contribution in [2.75, 3.05) is 25.5 Å². The average molecular weight is 399 g/mol. The Morgan fingerprint density at radius 3 is 2.62 bits per heavy atom. The van der Waals surface area contributed by atoms with E-state index >= 15 is 0 Å². The van der Waals surface area contributed by atoms with Gasteiger partial charge in [-0.15, -0.1) is 0 Å². The first-order chi connectivity index (χ1) is 13.9. The molecule has 2 aliphatic rings. The molecule has 0 bridgehead atoms. The first-order valence-electron chi connectivity index (χ1n) is 10.1. The Balaban J connectivity index is 1.66. The van der Waals surface area contributed by atoms with Crippen molar-refractivity contribution in [3.05, 3.63) is 30.1 Å². The van der Waals surface area contributed by atoms with E-state index in [4.69, 9.17) is 9.72 Å². The molecule has 1 aromatic carbocycles. The lowest BCUT2D eigenvalue weighted by Crippen LogP contribution is -2.48. The van der Waals surface area contributed by atoms with Crippen molar-refractivity contribution in [3.8, 4) is 17.0 Å². The SMILES string of the molecule is COc1ccc(-c2nc3n(c2NC(C)(C)C)CCN(C(=O)C2CCNN2)C3)cc1. The van der Waals surface area contributed by atoms with Gasteiger partial charge in [0.1, 0.15) is 29.1 Å². The molecule has 2 aliphatic heterocycles. The van der Waals surface area contributed by atoms with Crippen molar-refractivity contribution in [2.45, 2.75) is 51.9 Å². The minimum absolute atomic E-state index is 0.107. The van der Waals surface area contributed by atoms with Gasteiger partial charge in [0.2, 0.25) is 5.91 Å². The summed E-state index contributed by atoms with van der Waals surface area (Å²) in [5, 5.41) is 3.63. The molecular formula is C21H30N6O2. The number of rotatable bonds is 4. The molecule has 1 fully saturated rings. The fraction of sp³-hybridized carbons (Fsp3) is 0.524. The van der Waals surface area contributed by atoms with Crippen LogP contribution in [0.15, 0.2) is 24.3 Å². The minimum atomic E-state index is -0.148. The van der Waals surface area contributed by atoms with Crippen LogP contribution in [0, 0.1) is 0 Å². The highest BCUT2D eigenvalue weighted by Gasteiger charge is 2.32. The molecule has 1 unspecified atom stereocenters. The van der Waals surface area contributed by atoms with Crippen LogP contribution in [0.2, 0.25) is 0 Å². The molecule has 0 spiro atoms. The highest BCUT2D eigenvalue weighted by atomic mass is 16.5. The summed E-state index contributed by atoms with van der Waals surface area (Å²) in [6.45, 7) is 9.17. The summed E-state index contributed by atoms with van der Waals surface area (Å²) in [5.74, 6) is 2.87. The van der Waals surface area contributed by atoms with E-state index in [-0.39, 0.29) is 17.5 Å². The van der Waals surface area contributed by atoms with E-state index in [9.17, 15) is 4.79 Å². The summed E-state index contributed by atoms with van der Waals surface area (Å²) >= 11 is 0. The van der Waals surface area contributed by atoms with Gasteiger partial charge in [-0.2, -0.15) is 0 Å². The Labute approximate surface area is 171 Å². The van der Waals surface area contributed by atoms with Crippen LogP contribution in [0.25, 0.3) is 11.3 Å². The van der Waals surface area contributed by atoms with Crippen LogP contribution >= 0.6 is 0 Å². The molecule has 3 heterocycles. The van der Waals surface area contributed by atoms with Gasteiger partial charge in [0.05, 0.1) is 13.7 Å². The number of hydrazine groups is 1. The number of fused-ring (bicyclic) bond motifs is 1. The van der Waals surface area contributed by atoms with Crippen molar-refractivity contribution >= 4 is 11.7 Å². The van der Waals surface area contributed by atoms with Gasteiger partial charge in [-0.25, -0.2) is 10.4 Å². The molecule has 0 saturated carbocycles. The maximum absolute atomic E-state index is 12.8. The van der Waals surface area contributed by atoms with Crippen molar-refractivity contribution in [1.29, 1.82) is 0 Å². The van der Waals surface area contributed by atoms with E-state index in [0.29, 0.717) is 13.1 Å². The molecule has 3 N–H and O–H groups in total. The number of methoxy groups -OCH3 is 1. The summed E-state index contributed by atoms with van der Waals surface area (Å²) in [6.07, 6.45) is 0.817. The Hall–Kier alpha value is -2.58. The number of nitrogens with one attached hydrogen (secondary N) is 3. The predicted molar refractivity (Wildman–Crippen MR) is 113 cm³/mol. The summed E-state index contributed by atoms with van der Waals surface area (Å²) in [5.41, 5.74) is 7.94. The average Bonchev–Trinajstić information content (AvgIpc) is 3.35. The summed E-state index contributed by atoms with van der Waals surface area (Å²) in [6, 6.07) is 7.80. The number of benzene rings is 1. The normalized spacial score (nSPS) is 19.2. The number of hydrogen-bond donors (Lipinski definition) is 3. The van der Waals surface area contributed by atoms with Crippen molar-refractivity contribution in [2.24, 2.45) is 0 Å². The van der Waals surface area contributed by atoms with Gasteiger partial charge in [0.15, 0.2) is 0 Å². The number of aromatic nitrogens is 2. The molecule has 29 heavy (non-hydrogen) atoms. The lowest BCUT2D eigenvalue weighted by Gasteiger charge is -2.31. The van der Waals surface area contributed by atoms with Gasteiger partial charge >= 0.3 is 0 Å². The summed E-state index contributed by atoms with van der Waals surface area (Å²) in [4.78, 5) is 19.7. The zero-order valence-electron chi connectivity index (χ0n) is 17.6. The maximum atomic E-state index is 12.8. The molecule has 1 aromatic heterocycles. The van der Waals surface area contributed by atoms with Gasteiger partial charge in [-0.3, -0.25) is 10.2 Å². The van der Waals surface area contributed by atoms with E-state index in [2.05, 4.69) is 41.5 Å². The Kier molecular flexibility index (Phi) is 5.23. The Morgan fingerprint density at radius 2 is 2.00 bits per heavy atom. The third-order valence-corrected chi connectivity index (χ3v) is 5.27. The molecule has 0 radical (unpaired) electrons. The lowest BCUT2D eigenvalue weighted by atomic mass is 10.1. The van der Waals surface area contributed by atoms with Crippen molar-refractivity contribution < 1.29 is 9.53 Å². The molecule has 8 nitrogen and oxygen atoms in total. The second-order valence-corrected chi connectivity index (χ2v) is 8.65. The Morgan fingerprint density at radius 1 is 1.24 bits per heavy atom. The second-order valence-electron chi connectivity index (χ2n) is 8.65. The largest absolute Gasteiger partial charge is 0.497 e. The second kappa shape index (κ2) is 7.68. The monoisotopic (exact) mass is 398 g/mol. The highest BCUT2D eigenvalue weighted by Crippen LogP contribution is 2.33. The molecule has 1 amide bonds. The van der Waals surface area contributed by atoms with Gasteiger partial charge in [-0.05, 0) is 51.5 Å². The van der Waals surface area contributed by atoms with E-state index in [0.717, 1.165) is 48.2 Å². The molecule has 1 saturated heterocycles. The van der Waals surface area contributed by atoms with Crippen molar-refractivity contribution in [1.82, 2.24) is 25.3 Å². The minimum Gasteiger partial charge on any atom is -0.497 e. The fourth-order valence-electron chi connectivity index (χ4n) is 3.84. The zero-order chi connectivity index (χ0) is 20.6. The first kappa shape index (κ1) is 19.7. The van der Waals surface area contributed by atoms with Crippen LogP contribution in [-0.2, 0) is 17.9 Å². The predicted octanol–water partition coefficient (Wildman–Crippen LogP) is 1.98. The molecule has 4 rings (SSSR count). The third-order valence-electron chi connectivity index (χ3n) is 5.27. The number of amides is 1. The summed E-state index contributed by atoms with van der Waals surface area (Å²) < 4.78 is 7.51. The first-order valence-corrected chi connectivity index (χ1v) is 10.1. The number of anilines is 1. The number of hydrogen-bond acceptors (Lipinski definition) is 6. The van der Waals surface area contributed by atoms with Crippen molar-refractivity contribution in [3.63, 3.8) is 0 Å². The summed E-state index contributed by atoms with van der Waals surface area (Å²) in [7, 11) is 1.66. The molecular weight excluding hydrogens is 368 g/mol. The lowest BCUT2D eigenvalue weighted by molar-refractivity contribution is -0.134. The molecule has 156 valence electrons. The number of nitrogens with zero attached hydrogens (tertiary/aromatic N) is 3. The molecule has 1 atom stereocenters. The highest BCUT2D eigenvalue weighted by molar-refractivity contribution is 5.82. The van der Waals surface area contributed by atoms with Crippen LogP contribution in [0.5, 0.6) is 5.75 Å². The van der Waals surface area contributed by atoms with Crippen LogP contribution in [0.1, 0.15) is 33.0 Å². The van der Waals surface area contributed by atoms with Gasteiger partial charge in [0.25, 0.3) is 0 Å². The van der Waals surface area contributed by atoms with Crippen LogP contribution in [0.4, 0.5) is 5.82 Å². The van der Waals surface area contributed by atoms with Crippen LogP contribution in [0.3, 0.4) is 0 Å².